The molecule has 1 fully saturated rings. The molecule has 2 amide bonds. The fourth-order valence-corrected chi connectivity index (χ4v) is 3.80. The van der Waals surface area contributed by atoms with Gasteiger partial charge in [-0.1, -0.05) is 36.1 Å². The molecule has 40 heavy (non-hydrogen) atoms. The predicted octanol–water partition coefficient (Wildman–Crippen LogP) is 3.38. The molecular formula is C31H37N3O6. The molecule has 212 valence electrons. The van der Waals surface area contributed by atoms with E-state index in [4.69, 9.17) is 14.2 Å². The molecule has 2 aromatic rings. The Balaban J connectivity index is 1.51. The van der Waals surface area contributed by atoms with Gasteiger partial charge in [-0.2, -0.15) is 0 Å². The van der Waals surface area contributed by atoms with Crippen LogP contribution in [0.25, 0.3) is 6.08 Å². The van der Waals surface area contributed by atoms with E-state index in [0.29, 0.717) is 5.56 Å². The van der Waals surface area contributed by atoms with Gasteiger partial charge in [0.15, 0.2) is 0 Å². The lowest BCUT2D eigenvalue weighted by atomic mass is 10.1. The zero-order valence-electron chi connectivity index (χ0n) is 23.5. The summed E-state index contributed by atoms with van der Waals surface area (Å²) in [5, 5.41) is 5.05. The van der Waals surface area contributed by atoms with Crippen molar-refractivity contribution in [1.29, 1.82) is 0 Å². The number of morpholine rings is 1. The zero-order valence-corrected chi connectivity index (χ0v) is 23.5. The molecule has 1 heterocycles. The Morgan fingerprint density at radius 2 is 1.73 bits per heavy atom. The summed E-state index contributed by atoms with van der Waals surface area (Å²) in [6.07, 6.45) is 3.04. The molecule has 1 saturated heterocycles. The van der Waals surface area contributed by atoms with Gasteiger partial charge in [0.25, 0.3) is 5.91 Å². The molecule has 0 radical (unpaired) electrons. The second kappa shape index (κ2) is 14.9. The highest BCUT2D eigenvalue weighted by Gasteiger charge is 2.24. The third-order valence-corrected chi connectivity index (χ3v) is 5.85. The third-order valence-electron chi connectivity index (χ3n) is 5.85. The minimum atomic E-state index is -1.08. The van der Waals surface area contributed by atoms with Gasteiger partial charge in [-0.05, 0) is 68.3 Å². The Bertz CT molecular complexity index is 1230. The molecule has 9 nitrogen and oxygen atoms in total. The number of rotatable bonds is 8. The first-order valence-corrected chi connectivity index (χ1v) is 13.2. The number of nitrogens with one attached hydrogen (secondary N) is 2. The summed E-state index contributed by atoms with van der Waals surface area (Å²) in [5.41, 5.74) is 2.71. The van der Waals surface area contributed by atoms with E-state index < -0.39 is 29.6 Å². The van der Waals surface area contributed by atoms with Gasteiger partial charge in [0.2, 0.25) is 0 Å². The summed E-state index contributed by atoms with van der Waals surface area (Å²) in [7, 11) is 1.21. The Morgan fingerprint density at radius 3 is 2.35 bits per heavy atom. The van der Waals surface area contributed by atoms with Crippen LogP contribution in [0.2, 0.25) is 0 Å². The Kier molecular flexibility index (Phi) is 11.3. The molecule has 0 spiro atoms. The van der Waals surface area contributed by atoms with Gasteiger partial charge in [0.05, 0.1) is 26.9 Å². The van der Waals surface area contributed by atoms with Crippen LogP contribution in [-0.4, -0.2) is 74.5 Å². The molecule has 3 rings (SSSR count). The summed E-state index contributed by atoms with van der Waals surface area (Å²) in [4.78, 5) is 39.1. The van der Waals surface area contributed by atoms with Crippen LogP contribution in [0.15, 0.2) is 54.6 Å². The number of carbonyl (C=O) groups excluding carboxylic acids is 3. The number of ether oxygens (including phenoxy) is 3. The maximum absolute atomic E-state index is 12.7. The number of allylic oxidation sites excluding steroid dienone is 1. The van der Waals surface area contributed by atoms with E-state index in [1.54, 1.807) is 51.1 Å². The smallest absolute Gasteiger partial charge is 0.407 e. The van der Waals surface area contributed by atoms with Crippen LogP contribution in [0.3, 0.4) is 0 Å². The number of methoxy groups -OCH3 is 1. The van der Waals surface area contributed by atoms with Gasteiger partial charge >= 0.3 is 12.1 Å². The number of carbonyl (C=O) groups is 3. The largest absolute Gasteiger partial charge is 0.467 e. The third kappa shape index (κ3) is 10.6. The minimum absolute atomic E-state index is 0.181. The summed E-state index contributed by atoms with van der Waals surface area (Å²) in [6, 6.07) is 14.0. The van der Waals surface area contributed by atoms with Crippen LogP contribution in [0.4, 0.5) is 4.79 Å². The van der Waals surface area contributed by atoms with Crippen molar-refractivity contribution in [3.05, 3.63) is 76.9 Å². The fourth-order valence-electron chi connectivity index (χ4n) is 3.80. The van der Waals surface area contributed by atoms with Gasteiger partial charge in [-0.3, -0.25) is 9.69 Å². The molecule has 0 bridgehead atoms. The lowest BCUT2D eigenvalue weighted by Gasteiger charge is -2.26. The van der Waals surface area contributed by atoms with Crippen molar-refractivity contribution >= 4 is 24.0 Å². The number of hydrogen-bond acceptors (Lipinski definition) is 7. The number of hydrogen-bond donors (Lipinski definition) is 2. The molecule has 1 atom stereocenters. The number of esters is 1. The van der Waals surface area contributed by atoms with Crippen molar-refractivity contribution in [2.75, 3.05) is 40.0 Å². The topological polar surface area (TPSA) is 106 Å². The predicted molar refractivity (Wildman–Crippen MR) is 152 cm³/mol. The van der Waals surface area contributed by atoms with Crippen molar-refractivity contribution in [2.24, 2.45) is 0 Å². The second-order valence-corrected chi connectivity index (χ2v) is 10.2. The zero-order chi connectivity index (χ0) is 29.0. The molecule has 0 aliphatic carbocycles. The fraction of sp³-hybridized carbons (Fsp3) is 0.387. The lowest BCUT2D eigenvalue weighted by Crippen LogP contribution is -2.49. The average molecular weight is 548 g/mol. The molecule has 0 aromatic heterocycles. The average Bonchev–Trinajstić information content (AvgIpc) is 2.93. The quantitative estimate of drug-likeness (QED) is 0.386. The van der Waals surface area contributed by atoms with Crippen LogP contribution < -0.4 is 10.6 Å². The van der Waals surface area contributed by atoms with Gasteiger partial charge < -0.3 is 24.8 Å². The maximum atomic E-state index is 12.7. The summed E-state index contributed by atoms with van der Waals surface area (Å²) in [6.45, 7) is 9.43. The summed E-state index contributed by atoms with van der Waals surface area (Å²) < 4.78 is 15.3. The van der Waals surface area contributed by atoms with Gasteiger partial charge in [-0.25, -0.2) is 9.59 Å². The van der Waals surface area contributed by atoms with Crippen molar-refractivity contribution in [1.82, 2.24) is 15.5 Å². The lowest BCUT2D eigenvalue weighted by molar-refractivity contribution is -0.142. The van der Waals surface area contributed by atoms with Crippen LogP contribution in [0.1, 0.15) is 47.8 Å². The van der Waals surface area contributed by atoms with E-state index in [-0.39, 0.29) is 6.54 Å². The molecule has 0 unspecified atom stereocenters. The van der Waals surface area contributed by atoms with Crippen molar-refractivity contribution < 1.29 is 28.6 Å². The highest BCUT2D eigenvalue weighted by atomic mass is 16.6. The molecule has 1 aliphatic rings. The highest BCUT2D eigenvalue weighted by molar-refractivity contribution is 5.97. The van der Waals surface area contributed by atoms with Crippen molar-refractivity contribution in [3.8, 4) is 11.8 Å². The normalized spacial score (nSPS) is 14.5. The van der Waals surface area contributed by atoms with Crippen LogP contribution >= 0.6 is 0 Å². The second-order valence-electron chi connectivity index (χ2n) is 10.2. The maximum Gasteiger partial charge on any atom is 0.407 e. The monoisotopic (exact) mass is 547 g/mol. The Hall–Kier alpha value is -4.13. The van der Waals surface area contributed by atoms with E-state index in [1.165, 1.54) is 12.7 Å². The number of alkyl carbamates (subject to hydrolysis) is 1. The number of amides is 2. The number of nitrogens with zero attached hydrogens (tertiary/aromatic N) is 1. The first-order chi connectivity index (χ1) is 19.1. The van der Waals surface area contributed by atoms with Gasteiger partial charge in [-0.15, -0.1) is 0 Å². The standard InChI is InChI=1S/C31H37N3O6/c1-31(2,3)40-30(37)32-21-27(29(36)38-4)33-28(35)26-15-13-24(14-16-26)8-6-5-7-23-9-11-25(12-10-23)22-34-17-19-39-20-18-34/h5,7,9-16,27H,17-22H2,1-4H3,(H,32,37)(H,33,35)/b7-5+/t27-/m0/s1. The minimum Gasteiger partial charge on any atom is -0.467 e. The first-order valence-electron chi connectivity index (χ1n) is 13.2. The molecule has 9 heteroatoms. The molecule has 0 saturated carbocycles. The van der Waals surface area contributed by atoms with E-state index in [0.717, 1.165) is 44.0 Å². The molecular weight excluding hydrogens is 510 g/mol. The van der Waals surface area contributed by atoms with Crippen molar-refractivity contribution in [3.63, 3.8) is 0 Å². The van der Waals surface area contributed by atoms with E-state index >= 15 is 0 Å². The van der Waals surface area contributed by atoms with Gasteiger partial charge in [0, 0.05) is 30.8 Å². The van der Waals surface area contributed by atoms with E-state index in [1.807, 2.05) is 6.08 Å². The van der Waals surface area contributed by atoms with E-state index in [2.05, 4.69) is 51.6 Å². The molecule has 1 aliphatic heterocycles. The molecule has 2 N–H and O–H groups in total. The summed E-state index contributed by atoms with van der Waals surface area (Å²) >= 11 is 0. The highest BCUT2D eigenvalue weighted by Crippen LogP contribution is 2.11. The Labute approximate surface area is 235 Å². The Morgan fingerprint density at radius 1 is 1.05 bits per heavy atom. The van der Waals surface area contributed by atoms with E-state index in [9.17, 15) is 14.4 Å². The van der Waals surface area contributed by atoms with Crippen molar-refractivity contribution in [2.45, 2.75) is 39.0 Å². The molecule has 2 aromatic carbocycles. The number of benzene rings is 2. The first kappa shape index (κ1) is 30.4. The SMILES string of the molecule is COC(=O)[C@H](CNC(=O)OC(C)(C)C)NC(=O)c1ccc(C#C/C=C/c2ccc(CN3CCOCC3)cc2)cc1. The van der Waals surface area contributed by atoms with Crippen LogP contribution in [-0.2, 0) is 25.5 Å². The summed E-state index contributed by atoms with van der Waals surface area (Å²) in [5.74, 6) is 4.88. The van der Waals surface area contributed by atoms with Crippen LogP contribution in [0, 0.1) is 11.8 Å². The van der Waals surface area contributed by atoms with Gasteiger partial charge in [0.1, 0.15) is 11.6 Å². The van der Waals surface area contributed by atoms with Crippen LogP contribution in [0.5, 0.6) is 0 Å².